The molecule has 5 nitrogen and oxygen atoms in total. The van der Waals surface area contributed by atoms with Gasteiger partial charge in [0.15, 0.2) is 11.9 Å². The number of fused-ring (bicyclic) bond motifs is 1. The lowest BCUT2D eigenvalue weighted by molar-refractivity contribution is -0.162. The Balaban J connectivity index is 2.15. The van der Waals surface area contributed by atoms with Crippen molar-refractivity contribution in [1.82, 2.24) is 5.32 Å². The summed E-state index contributed by atoms with van der Waals surface area (Å²) in [5.74, 6) is -0.901. The molecule has 2 rings (SSSR count). The van der Waals surface area contributed by atoms with Crippen LogP contribution in [0.15, 0.2) is 0 Å². The van der Waals surface area contributed by atoms with Crippen LogP contribution in [0.5, 0.6) is 0 Å². The second-order valence-electron chi connectivity index (χ2n) is 4.00. The van der Waals surface area contributed by atoms with E-state index >= 15 is 0 Å². The number of hydrogen-bond acceptors (Lipinski definition) is 4. The van der Waals surface area contributed by atoms with Crippen molar-refractivity contribution in [1.29, 1.82) is 5.26 Å². The quantitative estimate of drug-likeness (QED) is 0.636. The molecule has 0 aliphatic carbocycles. The van der Waals surface area contributed by atoms with Gasteiger partial charge in [0.25, 0.3) is 5.91 Å². The van der Waals surface area contributed by atoms with Crippen LogP contribution in [-0.2, 0) is 14.3 Å². The molecule has 0 aromatic rings. The summed E-state index contributed by atoms with van der Waals surface area (Å²) in [6, 6.07) is 1.78. The van der Waals surface area contributed by atoms with Gasteiger partial charge in [-0.2, -0.15) is 5.26 Å². The Kier molecular flexibility index (Phi) is 1.98. The van der Waals surface area contributed by atoms with E-state index in [9.17, 15) is 4.79 Å². The zero-order valence-corrected chi connectivity index (χ0v) is 8.11. The van der Waals surface area contributed by atoms with Gasteiger partial charge in [-0.25, -0.2) is 0 Å². The Morgan fingerprint density at radius 2 is 2.29 bits per heavy atom. The SMILES string of the molecule is CC1(C)O[C@@H]2[C@H](CC#N)NC(=O)[C@@H]2O1. The van der Waals surface area contributed by atoms with Crippen molar-refractivity contribution >= 4 is 5.91 Å². The number of nitrogens with zero attached hydrogens (tertiary/aromatic N) is 1. The Bertz CT molecular complexity index is 308. The van der Waals surface area contributed by atoms with Gasteiger partial charge in [0.05, 0.1) is 18.5 Å². The first-order chi connectivity index (χ1) is 6.53. The molecule has 2 aliphatic heterocycles. The van der Waals surface area contributed by atoms with Gasteiger partial charge in [0, 0.05) is 0 Å². The number of carbonyl (C=O) groups excluding carboxylic acids is 1. The van der Waals surface area contributed by atoms with Gasteiger partial charge in [-0.15, -0.1) is 0 Å². The lowest BCUT2D eigenvalue weighted by Crippen LogP contribution is -2.36. The minimum absolute atomic E-state index is 0.180. The summed E-state index contributed by atoms with van der Waals surface area (Å²) in [7, 11) is 0. The van der Waals surface area contributed by atoms with Gasteiger partial charge in [-0.05, 0) is 13.8 Å². The van der Waals surface area contributed by atoms with Gasteiger partial charge >= 0.3 is 0 Å². The largest absolute Gasteiger partial charge is 0.347 e. The highest BCUT2D eigenvalue weighted by Crippen LogP contribution is 2.34. The summed E-state index contributed by atoms with van der Waals surface area (Å²) in [6.07, 6.45) is -0.618. The molecule has 2 saturated heterocycles. The number of ether oxygens (including phenoxy) is 2. The molecule has 0 bridgehead atoms. The molecule has 2 aliphatic rings. The highest BCUT2D eigenvalue weighted by atomic mass is 16.8. The van der Waals surface area contributed by atoms with Crippen LogP contribution in [0.3, 0.4) is 0 Å². The number of amides is 1. The lowest BCUT2D eigenvalue weighted by Gasteiger charge is -2.20. The Morgan fingerprint density at radius 1 is 1.57 bits per heavy atom. The highest BCUT2D eigenvalue weighted by molar-refractivity contribution is 5.85. The zero-order chi connectivity index (χ0) is 10.3. The molecule has 0 aromatic carbocycles. The van der Waals surface area contributed by atoms with E-state index < -0.39 is 11.9 Å². The summed E-state index contributed by atoms with van der Waals surface area (Å²) >= 11 is 0. The lowest BCUT2D eigenvalue weighted by atomic mass is 10.1. The number of hydrogen-bond donors (Lipinski definition) is 1. The van der Waals surface area contributed by atoms with Gasteiger partial charge in [0.1, 0.15) is 6.10 Å². The smallest absolute Gasteiger partial charge is 0.252 e. The molecule has 76 valence electrons. The fourth-order valence-electron chi connectivity index (χ4n) is 1.90. The van der Waals surface area contributed by atoms with Crippen molar-refractivity contribution in [3.8, 4) is 6.07 Å². The number of nitrogens with one attached hydrogen (secondary N) is 1. The van der Waals surface area contributed by atoms with Gasteiger partial charge in [0.2, 0.25) is 0 Å². The molecular formula is C9H12N2O3. The molecule has 5 heteroatoms. The predicted molar refractivity (Wildman–Crippen MR) is 46.0 cm³/mol. The molecule has 2 fully saturated rings. The zero-order valence-electron chi connectivity index (χ0n) is 8.11. The molecule has 0 radical (unpaired) electrons. The van der Waals surface area contributed by atoms with Crippen molar-refractivity contribution in [2.45, 2.75) is 44.3 Å². The van der Waals surface area contributed by atoms with E-state index in [0.717, 1.165) is 0 Å². The fourth-order valence-corrected chi connectivity index (χ4v) is 1.90. The summed E-state index contributed by atoms with van der Waals surface area (Å²) in [5.41, 5.74) is 0. The van der Waals surface area contributed by atoms with Gasteiger partial charge < -0.3 is 14.8 Å². The van der Waals surface area contributed by atoms with Crippen molar-refractivity contribution in [3.63, 3.8) is 0 Å². The molecule has 0 spiro atoms. The molecule has 14 heavy (non-hydrogen) atoms. The third kappa shape index (κ3) is 1.37. The Labute approximate surface area is 82.0 Å². The minimum atomic E-state index is -0.721. The highest BCUT2D eigenvalue weighted by Gasteiger charge is 2.53. The van der Waals surface area contributed by atoms with E-state index in [2.05, 4.69) is 5.32 Å². The van der Waals surface area contributed by atoms with E-state index in [0.29, 0.717) is 0 Å². The number of rotatable bonds is 1. The molecule has 0 saturated carbocycles. The topological polar surface area (TPSA) is 71.3 Å². The van der Waals surface area contributed by atoms with Crippen LogP contribution in [0, 0.1) is 11.3 Å². The van der Waals surface area contributed by atoms with Crippen LogP contribution < -0.4 is 5.32 Å². The maximum atomic E-state index is 11.4. The maximum Gasteiger partial charge on any atom is 0.252 e. The Morgan fingerprint density at radius 3 is 2.93 bits per heavy atom. The van der Waals surface area contributed by atoms with Crippen molar-refractivity contribution < 1.29 is 14.3 Å². The molecular weight excluding hydrogens is 184 g/mol. The monoisotopic (exact) mass is 196 g/mol. The second-order valence-corrected chi connectivity index (χ2v) is 4.00. The standard InChI is InChI=1S/C9H12N2O3/c1-9(2)13-6-5(3-4-10)11-8(12)7(6)14-9/h5-7H,3H2,1-2H3,(H,11,12)/t5-,6+,7+/m0/s1. The second kappa shape index (κ2) is 2.94. The molecule has 0 unspecified atom stereocenters. The summed E-state index contributed by atoms with van der Waals surface area (Å²) in [5, 5.41) is 11.2. The third-order valence-electron chi connectivity index (χ3n) is 2.42. The molecule has 1 amide bonds. The van der Waals surface area contributed by atoms with Gasteiger partial charge in [-0.1, -0.05) is 0 Å². The van der Waals surface area contributed by atoms with E-state index in [1.54, 1.807) is 13.8 Å². The predicted octanol–water partition coefficient (Wildman–Crippen LogP) is -0.0814. The first kappa shape index (κ1) is 9.44. The molecule has 1 N–H and O–H groups in total. The first-order valence-corrected chi connectivity index (χ1v) is 4.56. The van der Waals surface area contributed by atoms with Gasteiger partial charge in [-0.3, -0.25) is 4.79 Å². The average molecular weight is 196 g/mol. The van der Waals surface area contributed by atoms with Crippen molar-refractivity contribution in [3.05, 3.63) is 0 Å². The maximum absolute atomic E-state index is 11.4. The van der Waals surface area contributed by atoms with E-state index in [4.69, 9.17) is 14.7 Å². The van der Waals surface area contributed by atoms with Crippen molar-refractivity contribution in [2.75, 3.05) is 0 Å². The summed E-state index contributed by atoms with van der Waals surface area (Å²) in [6.45, 7) is 3.53. The van der Waals surface area contributed by atoms with E-state index in [1.807, 2.05) is 6.07 Å². The van der Waals surface area contributed by atoms with Crippen LogP contribution in [0.4, 0.5) is 0 Å². The first-order valence-electron chi connectivity index (χ1n) is 4.56. The Hall–Kier alpha value is -1.12. The molecule has 3 atom stereocenters. The van der Waals surface area contributed by atoms with Crippen LogP contribution >= 0.6 is 0 Å². The minimum Gasteiger partial charge on any atom is -0.347 e. The van der Waals surface area contributed by atoms with Crippen LogP contribution in [0.1, 0.15) is 20.3 Å². The third-order valence-corrected chi connectivity index (χ3v) is 2.42. The normalized spacial score (nSPS) is 38.9. The van der Waals surface area contributed by atoms with E-state index in [1.165, 1.54) is 0 Å². The molecule has 2 heterocycles. The summed E-state index contributed by atoms with van der Waals surface area (Å²) in [4.78, 5) is 11.4. The van der Waals surface area contributed by atoms with E-state index in [-0.39, 0.29) is 24.5 Å². The fraction of sp³-hybridized carbons (Fsp3) is 0.778. The van der Waals surface area contributed by atoms with Crippen LogP contribution in [0.2, 0.25) is 0 Å². The van der Waals surface area contributed by atoms with Crippen molar-refractivity contribution in [2.24, 2.45) is 0 Å². The molecule has 0 aromatic heterocycles. The van der Waals surface area contributed by atoms with Crippen LogP contribution in [-0.4, -0.2) is 29.9 Å². The average Bonchev–Trinajstić information content (AvgIpc) is 2.51. The number of nitriles is 1. The van der Waals surface area contributed by atoms with Crippen LogP contribution in [0.25, 0.3) is 0 Å². The summed E-state index contributed by atoms with van der Waals surface area (Å²) < 4.78 is 11.0. The number of carbonyl (C=O) groups is 1.